The summed E-state index contributed by atoms with van der Waals surface area (Å²) in [6.45, 7) is 7.10. The van der Waals surface area contributed by atoms with Crippen LogP contribution in [-0.4, -0.2) is 43.5 Å². The Morgan fingerprint density at radius 3 is 2.39 bits per heavy atom. The van der Waals surface area contributed by atoms with Crippen LogP contribution in [0.2, 0.25) is 0 Å². The Morgan fingerprint density at radius 2 is 1.94 bits per heavy atom. The van der Waals surface area contributed by atoms with Crippen LogP contribution in [0.1, 0.15) is 27.4 Å². The lowest BCUT2D eigenvalue weighted by Crippen LogP contribution is -2.36. The number of rotatable bonds is 6. The molecule has 1 heterocycles. The molecule has 1 rings (SSSR count). The van der Waals surface area contributed by atoms with Crippen LogP contribution in [0.25, 0.3) is 0 Å². The fourth-order valence-corrected chi connectivity index (χ4v) is 2.09. The molecule has 1 aromatic rings. The molecule has 0 aliphatic heterocycles. The Bertz CT molecular complexity index is 415. The molecule has 0 atom stereocenters. The summed E-state index contributed by atoms with van der Waals surface area (Å²) in [5.74, 6) is 1.81. The van der Waals surface area contributed by atoms with Crippen molar-refractivity contribution in [2.24, 2.45) is 0 Å². The Labute approximate surface area is 113 Å². The van der Waals surface area contributed by atoms with Crippen molar-refractivity contribution in [3.05, 3.63) is 22.6 Å². The molecule has 1 amide bonds. The van der Waals surface area contributed by atoms with Gasteiger partial charge in [-0.2, -0.15) is 0 Å². The molecule has 0 bridgehead atoms. The third kappa shape index (κ3) is 3.27. The molecule has 0 spiro atoms. The first kappa shape index (κ1) is 15.1. The van der Waals surface area contributed by atoms with Gasteiger partial charge in [0, 0.05) is 31.6 Å². The van der Waals surface area contributed by atoms with Gasteiger partial charge in [-0.25, -0.2) is 0 Å². The number of carbonyl (C=O) groups is 1. The summed E-state index contributed by atoms with van der Waals surface area (Å²) in [5, 5.41) is 0. The number of halogens is 1. The van der Waals surface area contributed by atoms with Crippen LogP contribution in [-0.2, 0) is 4.74 Å². The van der Waals surface area contributed by atoms with Gasteiger partial charge in [0.05, 0.1) is 12.2 Å². The van der Waals surface area contributed by atoms with E-state index in [9.17, 15) is 4.79 Å². The monoisotopic (exact) mass is 273 g/mol. The van der Waals surface area contributed by atoms with Crippen LogP contribution in [0, 0.1) is 20.8 Å². The van der Waals surface area contributed by atoms with Crippen molar-refractivity contribution in [1.82, 2.24) is 4.90 Å². The molecule has 1 aromatic heterocycles. The van der Waals surface area contributed by atoms with Crippen molar-refractivity contribution in [3.8, 4) is 0 Å². The minimum atomic E-state index is -0.0421. The second kappa shape index (κ2) is 6.81. The van der Waals surface area contributed by atoms with Gasteiger partial charge in [0.25, 0.3) is 5.91 Å². The van der Waals surface area contributed by atoms with Gasteiger partial charge in [-0.05, 0) is 20.8 Å². The summed E-state index contributed by atoms with van der Waals surface area (Å²) in [6, 6.07) is 0. The van der Waals surface area contributed by atoms with Crippen molar-refractivity contribution >= 4 is 17.5 Å². The molecule has 0 saturated heterocycles. The number of hydrogen-bond acceptors (Lipinski definition) is 3. The fourth-order valence-electron chi connectivity index (χ4n) is 1.88. The number of ether oxygens (including phenoxy) is 1. The largest absolute Gasteiger partial charge is 0.466 e. The second-order valence-electron chi connectivity index (χ2n) is 4.19. The zero-order valence-electron chi connectivity index (χ0n) is 11.4. The highest BCUT2D eigenvalue weighted by molar-refractivity contribution is 6.18. The molecule has 0 aliphatic rings. The first-order chi connectivity index (χ1) is 8.52. The van der Waals surface area contributed by atoms with E-state index in [-0.39, 0.29) is 5.91 Å². The van der Waals surface area contributed by atoms with Crippen molar-refractivity contribution in [2.75, 3.05) is 32.7 Å². The molecule has 102 valence electrons. The molecular formula is C13H20ClNO3. The Balaban J connectivity index is 2.94. The molecule has 0 aromatic carbocycles. The Hall–Kier alpha value is -1.00. The van der Waals surface area contributed by atoms with Crippen LogP contribution < -0.4 is 0 Å². The molecule has 0 aliphatic carbocycles. The minimum Gasteiger partial charge on any atom is -0.466 e. The van der Waals surface area contributed by atoms with Gasteiger partial charge in [0.1, 0.15) is 11.5 Å². The summed E-state index contributed by atoms with van der Waals surface area (Å²) < 4.78 is 10.5. The van der Waals surface area contributed by atoms with E-state index in [0.717, 1.165) is 11.3 Å². The maximum Gasteiger partial charge on any atom is 0.257 e. The van der Waals surface area contributed by atoms with Crippen LogP contribution in [0.15, 0.2) is 4.42 Å². The van der Waals surface area contributed by atoms with Gasteiger partial charge >= 0.3 is 0 Å². The predicted molar refractivity (Wildman–Crippen MR) is 71.4 cm³/mol. The molecular weight excluding hydrogens is 254 g/mol. The van der Waals surface area contributed by atoms with E-state index in [1.165, 1.54) is 0 Å². The quantitative estimate of drug-likeness (QED) is 0.748. The Morgan fingerprint density at radius 1 is 1.28 bits per heavy atom. The lowest BCUT2D eigenvalue weighted by molar-refractivity contribution is 0.0705. The van der Waals surface area contributed by atoms with E-state index in [4.69, 9.17) is 20.8 Å². The van der Waals surface area contributed by atoms with Crippen LogP contribution in [0.5, 0.6) is 0 Å². The molecule has 0 radical (unpaired) electrons. The minimum absolute atomic E-state index is 0.0421. The first-order valence-corrected chi connectivity index (χ1v) is 6.47. The summed E-state index contributed by atoms with van der Waals surface area (Å²) >= 11 is 5.73. The standard InChI is InChI=1S/C13H20ClNO3/c1-9-10(2)18-11(3)12(9)13(16)15(6-5-14)7-8-17-4/h5-8H2,1-4H3. The lowest BCUT2D eigenvalue weighted by Gasteiger charge is -2.21. The maximum atomic E-state index is 12.4. The van der Waals surface area contributed by atoms with E-state index in [1.54, 1.807) is 12.0 Å². The van der Waals surface area contributed by atoms with E-state index in [2.05, 4.69) is 0 Å². The fraction of sp³-hybridized carbons (Fsp3) is 0.615. The number of aryl methyl sites for hydroxylation is 2. The summed E-state index contributed by atoms with van der Waals surface area (Å²) in [7, 11) is 1.61. The van der Waals surface area contributed by atoms with Crippen molar-refractivity contribution < 1.29 is 13.9 Å². The number of amides is 1. The van der Waals surface area contributed by atoms with Gasteiger partial charge in [0.2, 0.25) is 0 Å². The van der Waals surface area contributed by atoms with Gasteiger partial charge < -0.3 is 14.1 Å². The first-order valence-electron chi connectivity index (χ1n) is 5.93. The average Bonchev–Trinajstić information content (AvgIpc) is 2.58. The number of methoxy groups -OCH3 is 1. The summed E-state index contributed by atoms with van der Waals surface area (Å²) in [5.41, 5.74) is 1.54. The number of nitrogens with zero attached hydrogens (tertiary/aromatic N) is 1. The van der Waals surface area contributed by atoms with Crippen LogP contribution in [0.3, 0.4) is 0 Å². The molecule has 4 nitrogen and oxygen atoms in total. The van der Waals surface area contributed by atoms with E-state index in [0.29, 0.717) is 36.9 Å². The SMILES string of the molecule is COCCN(CCCl)C(=O)c1c(C)oc(C)c1C. The van der Waals surface area contributed by atoms with Crippen LogP contribution in [0.4, 0.5) is 0 Å². The number of hydrogen-bond donors (Lipinski definition) is 0. The molecule has 5 heteroatoms. The van der Waals surface area contributed by atoms with Gasteiger partial charge in [0.15, 0.2) is 0 Å². The highest BCUT2D eigenvalue weighted by Crippen LogP contribution is 2.22. The second-order valence-corrected chi connectivity index (χ2v) is 4.57. The predicted octanol–water partition coefficient (Wildman–Crippen LogP) is 2.53. The third-order valence-corrected chi connectivity index (χ3v) is 3.15. The molecule has 0 unspecified atom stereocenters. The number of carbonyl (C=O) groups excluding carboxylic acids is 1. The normalized spacial score (nSPS) is 10.7. The zero-order chi connectivity index (χ0) is 13.7. The van der Waals surface area contributed by atoms with Gasteiger partial charge in [-0.3, -0.25) is 4.79 Å². The zero-order valence-corrected chi connectivity index (χ0v) is 12.1. The number of furan rings is 1. The molecule has 0 fully saturated rings. The topological polar surface area (TPSA) is 42.7 Å². The van der Waals surface area contributed by atoms with E-state index < -0.39 is 0 Å². The van der Waals surface area contributed by atoms with Crippen molar-refractivity contribution in [3.63, 3.8) is 0 Å². The highest BCUT2D eigenvalue weighted by atomic mass is 35.5. The van der Waals surface area contributed by atoms with Crippen LogP contribution >= 0.6 is 11.6 Å². The smallest absolute Gasteiger partial charge is 0.257 e. The molecule has 18 heavy (non-hydrogen) atoms. The maximum absolute atomic E-state index is 12.4. The number of alkyl halides is 1. The lowest BCUT2D eigenvalue weighted by atomic mass is 10.1. The van der Waals surface area contributed by atoms with E-state index >= 15 is 0 Å². The van der Waals surface area contributed by atoms with Crippen molar-refractivity contribution in [1.29, 1.82) is 0 Å². The van der Waals surface area contributed by atoms with Crippen molar-refractivity contribution in [2.45, 2.75) is 20.8 Å². The highest BCUT2D eigenvalue weighted by Gasteiger charge is 2.23. The summed E-state index contributed by atoms with van der Waals surface area (Å²) in [4.78, 5) is 14.1. The molecule has 0 N–H and O–H groups in total. The molecule has 0 saturated carbocycles. The van der Waals surface area contributed by atoms with Gasteiger partial charge in [-0.1, -0.05) is 0 Å². The Kier molecular flexibility index (Phi) is 5.69. The average molecular weight is 274 g/mol. The van der Waals surface area contributed by atoms with Gasteiger partial charge in [-0.15, -0.1) is 11.6 Å². The van der Waals surface area contributed by atoms with E-state index in [1.807, 2.05) is 20.8 Å². The third-order valence-electron chi connectivity index (χ3n) is 2.98. The summed E-state index contributed by atoms with van der Waals surface area (Å²) in [6.07, 6.45) is 0.